The van der Waals surface area contributed by atoms with Crippen LogP contribution in [0.5, 0.6) is 5.75 Å². The van der Waals surface area contributed by atoms with E-state index in [2.05, 4.69) is 10.5 Å². The van der Waals surface area contributed by atoms with Crippen molar-refractivity contribution in [1.82, 2.24) is 9.99 Å². The standard InChI is InChI=1S/C15H17N5O/c1-21-14-8-2-5-13(11-14)20-10-4-7-12(20)6-3-9-18-19-15(16)17/h2-11H,1H3,(H4,16,17,19)/b6-3+,18-9+. The van der Waals surface area contributed by atoms with Gasteiger partial charge in [0.15, 0.2) is 0 Å². The van der Waals surface area contributed by atoms with Crippen LogP contribution in [0.15, 0.2) is 53.8 Å². The average Bonchev–Trinajstić information content (AvgIpc) is 2.95. The quantitative estimate of drug-likeness (QED) is 0.445. The molecule has 0 aliphatic rings. The predicted molar refractivity (Wildman–Crippen MR) is 84.9 cm³/mol. The number of methoxy groups -OCH3 is 1. The Balaban J connectivity index is 2.16. The summed E-state index contributed by atoms with van der Waals surface area (Å²) in [6.45, 7) is 0. The Labute approximate surface area is 123 Å². The molecule has 1 aromatic carbocycles. The first-order valence-electron chi connectivity index (χ1n) is 6.32. The Hall–Kier alpha value is -3.02. The van der Waals surface area contributed by atoms with Gasteiger partial charge in [0, 0.05) is 29.9 Å². The summed E-state index contributed by atoms with van der Waals surface area (Å²) in [7, 11) is 1.65. The summed E-state index contributed by atoms with van der Waals surface area (Å²) in [5.74, 6) is 0.614. The Morgan fingerprint density at radius 1 is 1.38 bits per heavy atom. The van der Waals surface area contributed by atoms with Crippen LogP contribution >= 0.6 is 0 Å². The summed E-state index contributed by atoms with van der Waals surface area (Å²) in [5, 5.41) is 10.7. The van der Waals surface area contributed by atoms with Gasteiger partial charge in [0.2, 0.25) is 5.96 Å². The molecular weight excluding hydrogens is 266 g/mol. The van der Waals surface area contributed by atoms with Crippen LogP contribution in [0.3, 0.4) is 0 Å². The molecule has 0 unspecified atom stereocenters. The number of benzene rings is 1. The minimum Gasteiger partial charge on any atom is -0.497 e. The molecule has 6 heteroatoms. The van der Waals surface area contributed by atoms with Crippen molar-refractivity contribution >= 4 is 18.3 Å². The summed E-state index contributed by atoms with van der Waals surface area (Å²) >= 11 is 0. The zero-order valence-corrected chi connectivity index (χ0v) is 11.7. The molecule has 0 atom stereocenters. The van der Waals surface area contributed by atoms with E-state index in [4.69, 9.17) is 15.9 Å². The molecule has 1 heterocycles. The molecule has 0 bridgehead atoms. The lowest BCUT2D eigenvalue weighted by atomic mass is 10.3. The molecule has 0 aliphatic carbocycles. The highest BCUT2D eigenvalue weighted by atomic mass is 16.5. The molecule has 2 aromatic rings. The van der Waals surface area contributed by atoms with Gasteiger partial charge >= 0.3 is 0 Å². The number of hydrogen-bond acceptors (Lipinski definition) is 3. The fourth-order valence-electron chi connectivity index (χ4n) is 1.82. The fraction of sp³-hybridized carbons (Fsp3) is 0.0667. The number of nitrogens with one attached hydrogen (secondary N) is 2. The molecule has 2 rings (SSSR count). The van der Waals surface area contributed by atoms with E-state index in [-0.39, 0.29) is 5.96 Å². The van der Waals surface area contributed by atoms with Crippen molar-refractivity contribution in [2.45, 2.75) is 0 Å². The molecule has 0 spiro atoms. The first-order valence-corrected chi connectivity index (χ1v) is 6.32. The zero-order valence-electron chi connectivity index (χ0n) is 11.7. The number of rotatable bonds is 5. The van der Waals surface area contributed by atoms with Crippen LogP contribution in [0.2, 0.25) is 0 Å². The van der Waals surface area contributed by atoms with Gasteiger partial charge in [0.25, 0.3) is 0 Å². The van der Waals surface area contributed by atoms with Crippen molar-refractivity contribution in [2.24, 2.45) is 10.8 Å². The maximum absolute atomic E-state index is 6.97. The van der Waals surface area contributed by atoms with Crippen molar-refractivity contribution in [3.63, 3.8) is 0 Å². The van der Waals surface area contributed by atoms with E-state index in [1.54, 1.807) is 13.2 Å². The second kappa shape index (κ2) is 6.95. The van der Waals surface area contributed by atoms with Gasteiger partial charge in [-0.2, -0.15) is 5.10 Å². The molecular formula is C15H17N5O. The summed E-state index contributed by atoms with van der Waals surface area (Å²) in [5.41, 5.74) is 9.47. The summed E-state index contributed by atoms with van der Waals surface area (Å²) in [6, 6.07) is 11.8. The molecule has 1 aromatic heterocycles. The number of allylic oxidation sites excluding steroid dienone is 1. The van der Waals surface area contributed by atoms with Crippen molar-refractivity contribution in [3.8, 4) is 11.4 Å². The van der Waals surface area contributed by atoms with Crippen LogP contribution in [0.4, 0.5) is 0 Å². The Morgan fingerprint density at radius 3 is 3.00 bits per heavy atom. The van der Waals surface area contributed by atoms with Gasteiger partial charge in [0.1, 0.15) is 5.75 Å². The number of aromatic nitrogens is 1. The minimum atomic E-state index is -0.195. The third-order valence-electron chi connectivity index (χ3n) is 2.72. The SMILES string of the molecule is COc1cccc(-n2cccc2/C=C/C=N/NC(=N)N)c1. The lowest BCUT2D eigenvalue weighted by molar-refractivity contribution is 0.414. The fourth-order valence-corrected chi connectivity index (χ4v) is 1.82. The highest BCUT2D eigenvalue weighted by molar-refractivity contribution is 5.80. The highest BCUT2D eigenvalue weighted by Crippen LogP contribution is 2.19. The zero-order chi connectivity index (χ0) is 15.1. The third-order valence-corrected chi connectivity index (χ3v) is 2.72. The van der Waals surface area contributed by atoms with Crippen molar-refractivity contribution in [2.75, 3.05) is 7.11 Å². The van der Waals surface area contributed by atoms with E-state index in [9.17, 15) is 0 Å². The third kappa shape index (κ3) is 3.97. The molecule has 0 radical (unpaired) electrons. The number of ether oxygens (including phenoxy) is 1. The molecule has 0 aliphatic heterocycles. The Kier molecular flexibility index (Phi) is 4.76. The number of guanidine groups is 1. The van der Waals surface area contributed by atoms with Crippen LogP contribution in [0, 0.1) is 5.41 Å². The van der Waals surface area contributed by atoms with Crippen molar-refractivity contribution < 1.29 is 4.74 Å². The largest absolute Gasteiger partial charge is 0.497 e. The van der Waals surface area contributed by atoms with Gasteiger partial charge in [-0.1, -0.05) is 6.07 Å². The predicted octanol–water partition coefficient (Wildman–Crippen LogP) is 1.97. The molecule has 108 valence electrons. The number of hydrogen-bond donors (Lipinski definition) is 3. The van der Waals surface area contributed by atoms with Gasteiger partial charge in [0.05, 0.1) is 7.11 Å². The van der Waals surface area contributed by atoms with Gasteiger partial charge in [-0.3, -0.25) is 5.41 Å². The van der Waals surface area contributed by atoms with E-state index < -0.39 is 0 Å². The maximum Gasteiger partial charge on any atom is 0.206 e. The molecule has 0 saturated carbocycles. The molecule has 0 amide bonds. The highest BCUT2D eigenvalue weighted by Gasteiger charge is 2.01. The monoisotopic (exact) mass is 283 g/mol. The number of hydrazone groups is 1. The van der Waals surface area contributed by atoms with Gasteiger partial charge in [-0.15, -0.1) is 0 Å². The Bertz CT molecular complexity index is 672. The van der Waals surface area contributed by atoms with Crippen molar-refractivity contribution in [1.29, 1.82) is 5.41 Å². The van der Waals surface area contributed by atoms with Crippen LogP contribution in [0.25, 0.3) is 11.8 Å². The number of nitrogens with zero attached hydrogens (tertiary/aromatic N) is 2. The molecule has 6 nitrogen and oxygen atoms in total. The smallest absolute Gasteiger partial charge is 0.206 e. The van der Waals surface area contributed by atoms with Crippen molar-refractivity contribution in [3.05, 3.63) is 54.4 Å². The molecule has 4 N–H and O–H groups in total. The van der Waals surface area contributed by atoms with E-state index in [0.717, 1.165) is 17.1 Å². The lowest BCUT2D eigenvalue weighted by Gasteiger charge is -2.08. The minimum absolute atomic E-state index is 0.195. The van der Waals surface area contributed by atoms with Crippen LogP contribution < -0.4 is 15.9 Å². The maximum atomic E-state index is 6.97. The van der Waals surface area contributed by atoms with Crippen LogP contribution in [0.1, 0.15) is 5.69 Å². The Morgan fingerprint density at radius 2 is 2.24 bits per heavy atom. The molecule has 21 heavy (non-hydrogen) atoms. The topological polar surface area (TPSA) is 88.4 Å². The van der Waals surface area contributed by atoms with Gasteiger partial charge in [-0.25, -0.2) is 5.43 Å². The summed E-state index contributed by atoms with van der Waals surface area (Å²) in [4.78, 5) is 0. The van der Waals surface area contributed by atoms with E-state index in [1.165, 1.54) is 6.21 Å². The van der Waals surface area contributed by atoms with Gasteiger partial charge < -0.3 is 15.0 Å². The van der Waals surface area contributed by atoms with Gasteiger partial charge in [-0.05, 0) is 36.4 Å². The van der Waals surface area contributed by atoms with E-state index in [1.807, 2.05) is 53.2 Å². The number of nitrogens with two attached hydrogens (primary N) is 1. The second-order valence-corrected chi connectivity index (χ2v) is 4.17. The second-order valence-electron chi connectivity index (χ2n) is 4.17. The lowest BCUT2D eigenvalue weighted by Crippen LogP contribution is -2.25. The van der Waals surface area contributed by atoms with E-state index in [0.29, 0.717) is 0 Å². The van der Waals surface area contributed by atoms with Crippen LogP contribution in [-0.4, -0.2) is 23.9 Å². The van der Waals surface area contributed by atoms with E-state index >= 15 is 0 Å². The summed E-state index contributed by atoms with van der Waals surface area (Å²) in [6.07, 6.45) is 7.18. The first kappa shape index (κ1) is 14.4. The molecule has 0 fully saturated rings. The first-order chi connectivity index (χ1) is 10.2. The normalized spacial score (nSPS) is 11.1. The molecule has 0 saturated heterocycles. The average molecular weight is 283 g/mol. The summed E-state index contributed by atoms with van der Waals surface area (Å²) < 4.78 is 7.27. The van der Waals surface area contributed by atoms with Crippen LogP contribution in [-0.2, 0) is 0 Å².